The maximum absolute atomic E-state index is 12.9. The van der Waals surface area contributed by atoms with E-state index in [1.165, 1.54) is 0 Å². The first kappa shape index (κ1) is 23.6. The predicted octanol–water partition coefficient (Wildman–Crippen LogP) is 7.16. The second-order valence-electron chi connectivity index (χ2n) is 8.66. The molecule has 1 aliphatic rings. The molecule has 0 bridgehead atoms. The Bertz CT molecular complexity index is 1420. The highest BCUT2D eigenvalue weighted by atomic mass is 35.5. The van der Waals surface area contributed by atoms with Gasteiger partial charge in [0.2, 0.25) is 0 Å². The van der Waals surface area contributed by atoms with E-state index in [1.54, 1.807) is 6.92 Å². The summed E-state index contributed by atoms with van der Waals surface area (Å²) in [5, 5.41) is 7.37. The number of ketones is 1. The monoisotopic (exact) mass is 495 g/mol. The second-order valence-corrected chi connectivity index (χ2v) is 9.07. The van der Waals surface area contributed by atoms with E-state index in [-0.39, 0.29) is 5.78 Å². The number of hydrogen-bond acceptors (Lipinski definition) is 5. The van der Waals surface area contributed by atoms with Gasteiger partial charge < -0.3 is 4.74 Å². The zero-order valence-electron chi connectivity index (χ0n) is 20.1. The molecule has 180 valence electrons. The highest BCUT2D eigenvalue weighted by Crippen LogP contribution is 2.42. The van der Waals surface area contributed by atoms with Crippen LogP contribution in [0.4, 0.5) is 11.4 Å². The minimum Gasteiger partial charge on any atom is -0.488 e. The first-order chi connectivity index (χ1) is 17.5. The van der Waals surface area contributed by atoms with Crippen LogP contribution in [-0.2, 0) is 11.4 Å². The summed E-state index contributed by atoms with van der Waals surface area (Å²) in [6.07, 6.45) is -0.435. The Morgan fingerprint density at radius 3 is 2.33 bits per heavy atom. The summed E-state index contributed by atoms with van der Waals surface area (Å²) in [7, 11) is 0. The van der Waals surface area contributed by atoms with Crippen molar-refractivity contribution in [1.29, 1.82) is 0 Å². The van der Waals surface area contributed by atoms with E-state index in [9.17, 15) is 4.79 Å². The van der Waals surface area contributed by atoms with Crippen molar-refractivity contribution < 1.29 is 9.53 Å². The molecular formula is C30H26ClN3O2. The van der Waals surface area contributed by atoms with Gasteiger partial charge in [0.15, 0.2) is 17.8 Å². The molecule has 0 unspecified atom stereocenters. The fourth-order valence-electron chi connectivity index (χ4n) is 4.36. The van der Waals surface area contributed by atoms with Gasteiger partial charge in [-0.3, -0.25) is 9.69 Å². The van der Waals surface area contributed by atoms with Gasteiger partial charge in [-0.1, -0.05) is 78.3 Å². The van der Waals surface area contributed by atoms with Crippen molar-refractivity contribution in [2.75, 3.05) is 9.91 Å². The van der Waals surface area contributed by atoms with Crippen LogP contribution in [0.5, 0.6) is 5.75 Å². The lowest BCUT2D eigenvalue weighted by Gasteiger charge is -2.33. The molecule has 0 radical (unpaired) electrons. The number of aryl methyl sites for hydroxylation is 1. The van der Waals surface area contributed by atoms with Crippen molar-refractivity contribution >= 4 is 34.6 Å². The lowest BCUT2D eigenvalue weighted by atomic mass is 10.1. The van der Waals surface area contributed by atoms with E-state index in [2.05, 4.69) is 6.07 Å². The quantitative estimate of drug-likeness (QED) is 0.273. The molecule has 1 atom stereocenters. The van der Waals surface area contributed by atoms with Gasteiger partial charge in [-0.2, -0.15) is 0 Å². The van der Waals surface area contributed by atoms with Gasteiger partial charge in [0.05, 0.1) is 5.69 Å². The minimum absolute atomic E-state index is 0.116. The third kappa shape index (κ3) is 4.70. The summed E-state index contributed by atoms with van der Waals surface area (Å²) in [6.45, 7) is 3.90. The minimum atomic E-state index is -0.435. The Balaban J connectivity index is 1.62. The summed E-state index contributed by atoms with van der Waals surface area (Å²) < 4.78 is 6.33. The van der Waals surface area contributed by atoms with E-state index in [1.807, 2.05) is 114 Å². The molecule has 6 heteroatoms. The molecular weight excluding hydrogens is 470 g/mol. The van der Waals surface area contributed by atoms with Gasteiger partial charge in [0.1, 0.15) is 12.4 Å². The van der Waals surface area contributed by atoms with Gasteiger partial charge >= 0.3 is 0 Å². The summed E-state index contributed by atoms with van der Waals surface area (Å²) in [6, 6.07) is 33.5. The Labute approximate surface area is 216 Å². The van der Waals surface area contributed by atoms with E-state index in [0.717, 1.165) is 28.1 Å². The number of benzene rings is 4. The Morgan fingerprint density at radius 1 is 0.889 bits per heavy atom. The number of anilines is 2. The van der Waals surface area contributed by atoms with Gasteiger partial charge in [0.25, 0.3) is 0 Å². The number of Topliss-reactive ketones (excluding diaryl/α,β-unsaturated/α-hetero) is 1. The Kier molecular flexibility index (Phi) is 6.74. The van der Waals surface area contributed by atoms with Crippen molar-refractivity contribution in [3.8, 4) is 5.75 Å². The van der Waals surface area contributed by atoms with Gasteiger partial charge in [-0.15, -0.1) is 5.10 Å². The first-order valence-electron chi connectivity index (χ1n) is 11.8. The number of hydrazone groups is 1. The highest BCUT2D eigenvalue weighted by Gasteiger charge is 2.40. The first-order valence-corrected chi connectivity index (χ1v) is 12.2. The van der Waals surface area contributed by atoms with Crippen LogP contribution < -0.4 is 14.6 Å². The molecule has 1 aliphatic heterocycles. The van der Waals surface area contributed by atoms with Crippen LogP contribution in [0, 0.1) is 6.92 Å². The number of halogens is 1. The molecule has 1 heterocycles. The molecule has 0 N–H and O–H groups in total. The number of para-hydroxylation sites is 2. The molecule has 0 saturated heterocycles. The zero-order chi connectivity index (χ0) is 25.1. The molecule has 0 aliphatic carbocycles. The van der Waals surface area contributed by atoms with Crippen LogP contribution in [0.15, 0.2) is 108 Å². The average Bonchev–Trinajstić information content (AvgIpc) is 3.30. The van der Waals surface area contributed by atoms with Crippen LogP contribution in [-0.4, -0.2) is 11.6 Å². The van der Waals surface area contributed by atoms with Crippen LogP contribution in [0.2, 0.25) is 5.02 Å². The van der Waals surface area contributed by atoms with Gasteiger partial charge in [-0.25, -0.2) is 5.01 Å². The third-order valence-electron chi connectivity index (χ3n) is 6.06. The fraction of sp³-hybridized carbons (Fsp3) is 0.133. The van der Waals surface area contributed by atoms with Crippen molar-refractivity contribution in [3.05, 3.63) is 125 Å². The average molecular weight is 496 g/mol. The Morgan fingerprint density at radius 2 is 1.58 bits per heavy atom. The zero-order valence-corrected chi connectivity index (χ0v) is 20.9. The van der Waals surface area contributed by atoms with Crippen LogP contribution in [0.3, 0.4) is 0 Å². The van der Waals surface area contributed by atoms with E-state index in [0.29, 0.717) is 23.2 Å². The number of hydrogen-bond donors (Lipinski definition) is 0. The molecule has 0 aromatic heterocycles. The standard InChI is InChI=1S/C30H26ClN3O2/c1-21-11-10-15-25(19-21)33-29(22(2)35)32-34(24-13-4-3-5-14-24)30(33)26-16-7-9-18-28(26)36-20-23-12-6-8-17-27(23)31/h3-19,30H,20H2,1-2H3/t30-/m0/s1. The number of ether oxygens (including phenoxy) is 1. The summed E-state index contributed by atoms with van der Waals surface area (Å²) in [5.41, 5.74) is 4.63. The molecule has 0 spiro atoms. The SMILES string of the molecule is CC(=O)C1=NN(c2ccccc2)[C@@H](c2ccccc2OCc2ccccc2Cl)N1c1cccc(C)c1. The largest absolute Gasteiger partial charge is 0.488 e. The maximum Gasteiger partial charge on any atom is 0.198 e. The van der Waals surface area contributed by atoms with E-state index in [4.69, 9.17) is 21.4 Å². The summed E-state index contributed by atoms with van der Waals surface area (Å²) >= 11 is 6.38. The number of amidine groups is 1. The van der Waals surface area contributed by atoms with E-state index < -0.39 is 6.17 Å². The number of nitrogens with zero attached hydrogens (tertiary/aromatic N) is 3. The van der Waals surface area contributed by atoms with Crippen molar-refractivity contribution in [2.45, 2.75) is 26.6 Å². The van der Waals surface area contributed by atoms with Gasteiger partial charge in [0, 0.05) is 28.8 Å². The van der Waals surface area contributed by atoms with Crippen molar-refractivity contribution in [2.24, 2.45) is 5.10 Å². The third-order valence-corrected chi connectivity index (χ3v) is 6.43. The summed E-state index contributed by atoms with van der Waals surface area (Å²) in [5.74, 6) is 0.950. The van der Waals surface area contributed by atoms with Crippen LogP contribution in [0.1, 0.15) is 29.8 Å². The number of carbonyl (C=O) groups excluding carboxylic acids is 1. The number of rotatable bonds is 7. The maximum atomic E-state index is 12.9. The molecule has 0 fully saturated rings. The molecule has 4 aromatic rings. The topological polar surface area (TPSA) is 45.1 Å². The van der Waals surface area contributed by atoms with E-state index >= 15 is 0 Å². The molecule has 0 amide bonds. The molecule has 0 saturated carbocycles. The van der Waals surface area contributed by atoms with Crippen molar-refractivity contribution in [1.82, 2.24) is 0 Å². The molecule has 4 aromatic carbocycles. The predicted molar refractivity (Wildman–Crippen MR) is 146 cm³/mol. The molecule has 5 nitrogen and oxygen atoms in total. The normalized spacial score (nSPS) is 15.1. The summed E-state index contributed by atoms with van der Waals surface area (Å²) in [4.78, 5) is 14.8. The smallest absolute Gasteiger partial charge is 0.198 e. The molecule has 5 rings (SSSR count). The lowest BCUT2D eigenvalue weighted by molar-refractivity contribution is -0.111. The van der Waals surface area contributed by atoms with Crippen molar-refractivity contribution in [3.63, 3.8) is 0 Å². The number of carbonyl (C=O) groups is 1. The second kappa shape index (κ2) is 10.3. The Hall–Kier alpha value is -4.09. The highest BCUT2D eigenvalue weighted by molar-refractivity contribution is 6.44. The van der Waals surface area contributed by atoms with Gasteiger partial charge in [-0.05, 0) is 48.9 Å². The lowest BCUT2D eigenvalue weighted by Crippen LogP contribution is -2.38. The molecule has 36 heavy (non-hydrogen) atoms. The van der Waals surface area contributed by atoms with Crippen LogP contribution in [0.25, 0.3) is 0 Å². The fourth-order valence-corrected chi connectivity index (χ4v) is 4.55. The van der Waals surface area contributed by atoms with Crippen LogP contribution >= 0.6 is 11.6 Å².